The molecule has 1 saturated heterocycles. The number of nitrogens with one attached hydrogen (secondary N) is 2. The Morgan fingerprint density at radius 3 is 2.86 bits per heavy atom. The van der Waals surface area contributed by atoms with Crippen molar-refractivity contribution >= 4 is 29.1 Å². The lowest BCUT2D eigenvalue weighted by atomic mass is 10.1. The number of benzene rings is 2. The summed E-state index contributed by atoms with van der Waals surface area (Å²) in [5, 5.41) is 8.36. The third-order valence-corrected chi connectivity index (χ3v) is 3.79. The lowest BCUT2D eigenvalue weighted by Gasteiger charge is -2.12. The Balaban J connectivity index is 0.00000176. The van der Waals surface area contributed by atoms with Gasteiger partial charge in [0.05, 0.1) is 12.6 Å². The van der Waals surface area contributed by atoms with Gasteiger partial charge < -0.3 is 15.4 Å². The molecule has 1 fully saturated rings. The van der Waals surface area contributed by atoms with E-state index in [4.69, 9.17) is 4.74 Å². The summed E-state index contributed by atoms with van der Waals surface area (Å²) in [5.41, 5.74) is 0. The minimum atomic E-state index is -0.0254. The van der Waals surface area contributed by atoms with Crippen molar-refractivity contribution in [3.8, 4) is 5.75 Å². The van der Waals surface area contributed by atoms with E-state index in [0.29, 0.717) is 13.2 Å². The molecule has 118 valence electrons. The van der Waals surface area contributed by atoms with Crippen molar-refractivity contribution in [1.29, 1.82) is 0 Å². The number of rotatable bonds is 5. The van der Waals surface area contributed by atoms with Crippen molar-refractivity contribution in [1.82, 2.24) is 10.6 Å². The van der Waals surface area contributed by atoms with Crippen LogP contribution in [0.1, 0.15) is 12.8 Å². The van der Waals surface area contributed by atoms with Crippen molar-refractivity contribution < 1.29 is 9.53 Å². The van der Waals surface area contributed by atoms with Crippen LogP contribution in [0.25, 0.3) is 10.8 Å². The molecule has 0 aromatic heterocycles. The fraction of sp³-hybridized carbons (Fsp3) is 0.353. The maximum Gasteiger partial charge on any atom is 0.237 e. The highest BCUT2D eigenvalue weighted by molar-refractivity contribution is 5.88. The molecule has 4 nitrogen and oxygen atoms in total. The van der Waals surface area contributed by atoms with Crippen LogP contribution < -0.4 is 15.4 Å². The Bertz CT molecular complexity index is 622. The van der Waals surface area contributed by atoms with Gasteiger partial charge in [-0.3, -0.25) is 4.79 Å². The maximum absolute atomic E-state index is 11.8. The lowest BCUT2D eigenvalue weighted by molar-refractivity contribution is -0.122. The van der Waals surface area contributed by atoms with Gasteiger partial charge in [0, 0.05) is 5.39 Å². The average Bonchev–Trinajstić information content (AvgIpc) is 3.06. The second-order valence-corrected chi connectivity index (χ2v) is 5.27. The van der Waals surface area contributed by atoms with Crippen molar-refractivity contribution in [3.63, 3.8) is 0 Å². The smallest absolute Gasteiger partial charge is 0.237 e. The molecule has 1 aliphatic rings. The van der Waals surface area contributed by atoms with Gasteiger partial charge in [-0.2, -0.15) is 0 Å². The summed E-state index contributed by atoms with van der Waals surface area (Å²) in [4.78, 5) is 11.8. The molecule has 0 aliphatic carbocycles. The van der Waals surface area contributed by atoms with Crippen LogP contribution in [0, 0.1) is 0 Å². The fourth-order valence-corrected chi connectivity index (χ4v) is 2.69. The largest absolute Gasteiger partial charge is 0.491 e. The van der Waals surface area contributed by atoms with Gasteiger partial charge in [-0.15, -0.1) is 12.4 Å². The minimum Gasteiger partial charge on any atom is -0.491 e. The number of ether oxygens (including phenoxy) is 1. The monoisotopic (exact) mass is 320 g/mol. The lowest BCUT2D eigenvalue weighted by Crippen LogP contribution is -2.41. The molecule has 2 aromatic rings. The van der Waals surface area contributed by atoms with E-state index in [1.54, 1.807) is 0 Å². The molecule has 2 aromatic carbocycles. The van der Waals surface area contributed by atoms with Crippen LogP contribution in [0.2, 0.25) is 0 Å². The molecule has 3 rings (SSSR count). The van der Waals surface area contributed by atoms with E-state index in [1.165, 1.54) is 0 Å². The molecule has 5 heteroatoms. The summed E-state index contributed by atoms with van der Waals surface area (Å²) in [7, 11) is 0. The molecule has 22 heavy (non-hydrogen) atoms. The van der Waals surface area contributed by atoms with E-state index < -0.39 is 0 Å². The predicted octanol–water partition coefficient (Wildman–Crippen LogP) is 2.51. The van der Waals surface area contributed by atoms with E-state index in [-0.39, 0.29) is 24.4 Å². The summed E-state index contributed by atoms with van der Waals surface area (Å²) in [6, 6.07) is 14.1. The molecule has 1 amide bonds. The molecular formula is C17H21ClN2O2. The van der Waals surface area contributed by atoms with Gasteiger partial charge in [0.1, 0.15) is 12.4 Å². The van der Waals surface area contributed by atoms with Crippen LogP contribution >= 0.6 is 12.4 Å². The zero-order valence-corrected chi connectivity index (χ0v) is 13.2. The molecule has 0 radical (unpaired) electrons. The Hall–Kier alpha value is -1.78. The van der Waals surface area contributed by atoms with Crippen LogP contribution in [0.5, 0.6) is 5.75 Å². The Kier molecular flexibility index (Phi) is 6.04. The van der Waals surface area contributed by atoms with Gasteiger partial charge in [-0.25, -0.2) is 0 Å². The summed E-state index contributed by atoms with van der Waals surface area (Å²) in [6.45, 7) is 1.94. The Morgan fingerprint density at radius 2 is 2.05 bits per heavy atom. The van der Waals surface area contributed by atoms with E-state index in [9.17, 15) is 4.79 Å². The van der Waals surface area contributed by atoms with Gasteiger partial charge in [-0.05, 0) is 30.8 Å². The molecule has 2 N–H and O–H groups in total. The summed E-state index contributed by atoms with van der Waals surface area (Å²) < 4.78 is 5.80. The predicted molar refractivity (Wildman–Crippen MR) is 90.7 cm³/mol. The van der Waals surface area contributed by atoms with Crippen molar-refractivity contribution in [3.05, 3.63) is 42.5 Å². The van der Waals surface area contributed by atoms with E-state index >= 15 is 0 Å². The fourth-order valence-electron chi connectivity index (χ4n) is 2.69. The highest BCUT2D eigenvalue weighted by Gasteiger charge is 2.21. The maximum atomic E-state index is 11.8. The number of carbonyl (C=O) groups is 1. The summed E-state index contributed by atoms with van der Waals surface area (Å²) in [5.74, 6) is 0.940. The standard InChI is InChI=1S/C17H20N2O2.ClH/c20-17(15-8-4-10-18-15)19-11-12-21-16-9-3-6-13-5-1-2-7-14(13)16;/h1-3,5-7,9,15,18H,4,8,10-12H2,(H,19,20);1H. The molecular weight excluding hydrogens is 300 g/mol. The second kappa shape index (κ2) is 8.01. The number of hydrogen-bond donors (Lipinski definition) is 2. The van der Waals surface area contributed by atoms with Crippen molar-refractivity contribution in [2.24, 2.45) is 0 Å². The van der Waals surface area contributed by atoms with Gasteiger partial charge in [0.25, 0.3) is 0 Å². The van der Waals surface area contributed by atoms with E-state index in [0.717, 1.165) is 35.9 Å². The van der Waals surface area contributed by atoms with Gasteiger partial charge in [0.2, 0.25) is 5.91 Å². The SMILES string of the molecule is Cl.O=C(NCCOc1cccc2ccccc12)C1CCCN1. The quantitative estimate of drug-likeness (QED) is 0.832. The highest BCUT2D eigenvalue weighted by atomic mass is 35.5. The van der Waals surface area contributed by atoms with Crippen LogP contribution in [-0.4, -0.2) is 31.6 Å². The number of amides is 1. The van der Waals surface area contributed by atoms with Crippen LogP contribution in [0.4, 0.5) is 0 Å². The second-order valence-electron chi connectivity index (χ2n) is 5.27. The van der Waals surface area contributed by atoms with Crippen LogP contribution in [0.15, 0.2) is 42.5 Å². The van der Waals surface area contributed by atoms with Crippen LogP contribution in [-0.2, 0) is 4.79 Å². The first-order chi connectivity index (χ1) is 10.3. The number of fused-ring (bicyclic) bond motifs is 1. The zero-order chi connectivity index (χ0) is 14.5. The first-order valence-electron chi connectivity index (χ1n) is 7.46. The van der Waals surface area contributed by atoms with Crippen LogP contribution in [0.3, 0.4) is 0 Å². The van der Waals surface area contributed by atoms with Crippen molar-refractivity contribution in [2.45, 2.75) is 18.9 Å². The molecule has 1 aliphatic heterocycles. The molecule has 1 heterocycles. The molecule has 0 spiro atoms. The van der Waals surface area contributed by atoms with Gasteiger partial charge in [0.15, 0.2) is 0 Å². The van der Waals surface area contributed by atoms with Gasteiger partial charge in [-0.1, -0.05) is 36.4 Å². The first kappa shape index (κ1) is 16.6. The van der Waals surface area contributed by atoms with Crippen molar-refractivity contribution in [2.75, 3.05) is 19.7 Å². The third kappa shape index (κ3) is 3.90. The Labute approximate surface area is 136 Å². The molecule has 0 bridgehead atoms. The normalized spacial score (nSPS) is 17.0. The summed E-state index contributed by atoms with van der Waals surface area (Å²) >= 11 is 0. The minimum absolute atomic E-state index is 0. The number of hydrogen-bond acceptors (Lipinski definition) is 3. The first-order valence-corrected chi connectivity index (χ1v) is 7.46. The molecule has 1 unspecified atom stereocenters. The van der Waals surface area contributed by atoms with Gasteiger partial charge >= 0.3 is 0 Å². The number of carbonyl (C=O) groups excluding carboxylic acids is 1. The highest BCUT2D eigenvalue weighted by Crippen LogP contribution is 2.24. The topological polar surface area (TPSA) is 50.4 Å². The Morgan fingerprint density at radius 1 is 1.23 bits per heavy atom. The third-order valence-electron chi connectivity index (χ3n) is 3.79. The molecule has 1 atom stereocenters. The average molecular weight is 321 g/mol. The number of halogens is 1. The van der Waals surface area contributed by atoms with E-state index in [2.05, 4.69) is 22.8 Å². The summed E-state index contributed by atoms with van der Waals surface area (Å²) in [6.07, 6.45) is 2.00. The zero-order valence-electron chi connectivity index (χ0n) is 12.4. The van der Waals surface area contributed by atoms with E-state index in [1.807, 2.05) is 30.3 Å². The molecule has 0 saturated carbocycles.